The Morgan fingerprint density at radius 2 is 2.00 bits per heavy atom. The van der Waals surface area contributed by atoms with E-state index in [-0.39, 0.29) is 12.2 Å². The molecule has 2 aliphatic carbocycles. The monoisotopic (exact) mass is 267 g/mol. The number of likely N-dealkylation sites (tertiary alicyclic amines) is 1. The minimum absolute atomic E-state index is 0.167. The molecule has 0 bridgehead atoms. The third-order valence-corrected chi connectivity index (χ3v) is 5.11. The summed E-state index contributed by atoms with van der Waals surface area (Å²) < 4.78 is 5.49. The molecule has 1 saturated heterocycles. The molecule has 108 valence electrons. The fraction of sp³-hybridized carbons (Fsp3) is 0.933. The maximum Gasteiger partial charge on any atom is 0.329 e. The Morgan fingerprint density at radius 1 is 1.26 bits per heavy atom. The number of ether oxygens (including phenoxy) is 1. The van der Waals surface area contributed by atoms with Gasteiger partial charge in [0, 0.05) is 19.1 Å². The van der Waals surface area contributed by atoms with Crippen LogP contribution in [0.15, 0.2) is 0 Å². The van der Waals surface area contributed by atoms with Crippen LogP contribution < -0.4 is 0 Å². The highest BCUT2D eigenvalue weighted by molar-refractivity contribution is 5.68. The van der Waals surface area contributed by atoms with Crippen molar-refractivity contribution in [1.29, 1.82) is 0 Å². The molecule has 0 aromatic carbocycles. The van der Waals surface area contributed by atoms with E-state index in [1.165, 1.54) is 38.5 Å². The molecule has 1 N–H and O–H groups in total. The van der Waals surface area contributed by atoms with Crippen LogP contribution >= 0.6 is 0 Å². The van der Waals surface area contributed by atoms with Crippen molar-refractivity contribution >= 4 is 5.97 Å². The first-order valence-corrected chi connectivity index (χ1v) is 7.65. The van der Waals surface area contributed by atoms with Crippen LogP contribution in [0.3, 0.4) is 0 Å². The van der Waals surface area contributed by atoms with Gasteiger partial charge in [-0.2, -0.15) is 0 Å². The van der Waals surface area contributed by atoms with Gasteiger partial charge in [-0.1, -0.05) is 12.8 Å². The van der Waals surface area contributed by atoms with Crippen LogP contribution in [0.5, 0.6) is 0 Å². The number of carboxylic acids is 1. The van der Waals surface area contributed by atoms with Crippen molar-refractivity contribution in [3.8, 4) is 0 Å². The fourth-order valence-corrected chi connectivity index (χ4v) is 3.93. The first-order chi connectivity index (χ1) is 9.06. The number of carboxylic acid groups (broad SMARTS) is 1. The molecule has 4 nitrogen and oxygen atoms in total. The molecule has 3 aliphatic rings. The summed E-state index contributed by atoms with van der Waals surface area (Å²) in [5.74, 6) is 1.12. The molecule has 2 unspecified atom stereocenters. The van der Waals surface area contributed by atoms with Crippen LogP contribution in [0.4, 0.5) is 0 Å². The maximum atomic E-state index is 10.6. The quantitative estimate of drug-likeness (QED) is 0.829. The number of nitrogens with zero attached hydrogens (tertiary/aromatic N) is 1. The first kappa shape index (κ1) is 13.4. The number of carbonyl (C=O) groups is 1. The lowest BCUT2D eigenvalue weighted by molar-refractivity contribution is -0.171. The predicted molar refractivity (Wildman–Crippen MR) is 72.0 cm³/mol. The normalized spacial score (nSPS) is 34.8. The van der Waals surface area contributed by atoms with Crippen LogP contribution in [0.25, 0.3) is 0 Å². The second-order valence-corrected chi connectivity index (χ2v) is 6.96. The van der Waals surface area contributed by atoms with Gasteiger partial charge in [0.25, 0.3) is 0 Å². The van der Waals surface area contributed by atoms with Crippen molar-refractivity contribution < 1.29 is 14.6 Å². The lowest BCUT2D eigenvalue weighted by Crippen LogP contribution is -2.65. The van der Waals surface area contributed by atoms with E-state index < -0.39 is 5.97 Å². The van der Waals surface area contributed by atoms with Gasteiger partial charge in [0.15, 0.2) is 0 Å². The van der Waals surface area contributed by atoms with Gasteiger partial charge in [0.2, 0.25) is 0 Å². The average molecular weight is 267 g/mol. The van der Waals surface area contributed by atoms with Gasteiger partial charge in [-0.25, -0.2) is 4.79 Å². The van der Waals surface area contributed by atoms with E-state index in [1.54, 1.807) is 0 Å². The van der Waals surface area contributed by atoms with E-state index >= 15 is 0 Å². The molecule has 2 atom stereocenters. The number of aliphatic carboxylic acids is 1. The first-order valence-electron chi connectivity index (χ1n) is 7.65. The zero-order valence-electron chi connectivity index (χ0n) is 11.8. The number of hydrogen-bond donors (Lipinski definition) is 1. The Morgan fingerprint density at radius 3 is 2.63 bits per heavy atom. The third kappa shape index (κ3) is 3.11. The van der Waals surface area contributed by atoms with Crippen LogP contribution in [-0.4, -0.2) is 47.3 Å². The molecule has 2 saturated carbocycles. The van der Waals surface area contributed by atoms with Gasteiger partial charge in [0.1, 0.15) is 6.61 Å². The largest absolute Gasteiger partial charge is 0.480 e. The zero-order chi connectivity index (χ0) is 13.5. The van der Waals surface area contributed by atoms with Crippen molar-refractivity contribution in [3.05, 3.63) is 0 Å². The molecule has 3 rings (SSSR count). The molecule has 0 radical (unpaired) electrons. The lowest BCUT2D eigenvalue weighted by Gasteiger charge is -2.52. The van der Waals surface area contributed by atoms with Gasteiger partial charge in [-0.3, -0.25) is 4.90 Å². The molecule has 0 aromatic heterocycles. The molecule has 19 heavy (non-hydrogen) atoms. The van der Waals surface area contributed by atoms with Crippen molar-refractivity contribution in [2.75, 3.05) is 19.7 Å². The minimum Gasteiger partial charge on any atom is -0.480 e. The van der Waals surface area contributed by atoms with Gasteiger partial charge < -0.3 is 9.84 Å². The molecular formula is C15H25NO3. The second kappa shape index (κ2) is 5.06. The molecular weight excluding hydrogens is 242 g/mol. The highest BCUT2D eigenvalue weighted by atomic mass is 16.5. The van der Waals surface area contributed by atoms with E-state index in [0.29, 0.717) is 0 Å². The summed E-state index contributed by atoms with van der Waals surface area (Å²) in [4.78, 5) is 13.1. The average Bonchev–Trinajstić information content (AvgIpc) is 3.17. The highest BCUT2D eigenvalue weighted by Crippen LogP contribution is 2.45. The Labute approximate surface area is 115 Å². The summed E-state index contributed by atoms with van der Waals surface area (Å²) >= 11 is 0. The standard InChI is InChI=1S/C15H25NO3/c1-15(19-8-14(17)18)9-16(10-15)13-4-2-3-12(7-13)11-5-6-11/h11-13H,2-10H2,1H3,(H,17,18). The number of hydrogen-bond acceptors (Lipinski definition) is 3. The van der Waals surface area contributed by atoms with E-state index in [2.05, 4.69) is 4.90 Å². The second-order valence-electron chi connectivity index (χ2n) is 6.96. The minimum atomic E-state index is -0.869. The molecule has 1 aliphatic heterocycles. The van der Waals surface area contributed by atoms with Gasteiger partial charge in [-0.05, 0) is 44.4 Å². The zero-order valence-corrected chi connectivity index (χ0v) is 11.8. The van der Waals surface area contributed by atoms with Crippen LogP contribution in [0, 0.1) is 11.8 Å². The third-order valence-electron chi connectivity index (χ3n) is 5.11. The van der Waals surface area contributed by atoms with Crippen LogP contribution in [0.1, 0.15) is 45.4 Å². The van der Waals surface area contributed by atoms with Crippen LogP contribution in [0.2, 0.25) is 0 Å². The van der Waals surface area contributed by atoms with Crippen molar-refractivity contribution in [3.63, 3.8) is 0 Å². The van der Waals surface area contributed by atoms with Gasteiger partial charge >= 0.3 is 5.97 Å². The van der Waals surface area contributed by atoms with Gasteiger partial charge in [-0.15, -0.1) is 0 Å². The molecule has 1 heterocycles. The van der Waals surface area contributed by atoms with E-state index in [0.717, 1.165) is 31.0 Å². The summed E-state index contributed by atoms with van der Waals surface area (Å²) in [7, 11) is 0. The Balaban J connectivity index is 1.45. The van der Waals surface area contributed by atoms with E-state index in [9.17, 15) is 4.79 Å². The van der Waals surface area contributed by atoms with Crippen molar-refractivity contribution in [1.82, 2.24) is 4.90 Å². The van der Waals surface area contributed by atoms with Crippen LogP contribution in [-0.2, 0) is 9.53 Å². The topological polar surface area (TPSA) is 49.8 Å². The number of rotatable bonds is 5. The summed E-state index contributed by atoms with van der Waals surface area (Å²) in [5, 5.41) is 8.68. The van der Waals surface area contributed by atoms with E-state index in [4.69, 9.17) is 9.84 Å². The molecule has 0 aromatic rings. The molecule has 0 amide bonds. The Hall–Kier alpha value is -0.610. The highest BCUT2D eigenvalue weighted by Gasteiger charge is 2.45. The van der Waals surface area contributed by atoms with Crippen molar-refractivity contribution in [2.24, 2.45) is 11.8 Å². The summed E-state index contributed by atoms with van der Waals surface area (Å²) in [6.45, 7) is 3.68. The fourth-order valence-electron chi connectivity index (χ4n) is 3.93. The Kier molecular flexibility index (Phi) is 3.56. The molecule has 4 heteroatoms. The molecule has 3 fully saturated rings. The lowest BCUT2D eigenvalue weighted by atomic mass is 9.80. The summed E-state index contributed by atoms with van der Waals surface area (Å²) in [6.07, 6.45) is 8.39. The summed E-state index contributed by atoms with van der Waals surface area (Å²) in [5.41, 5.74) is -0.231. The predicted octanol–water partition coefficient (Wildman–Crippen LogP) is 2.13. The SMILES string of the molecule is CC1(OCC(=O)O)CN(C2CCCC(C3CC3)C2)C1. The van der Waals surface area contributed by atoms with Crippen molar-refractivity contribution in [2.45, 2.75) is 57.1 Å². The van der Waals surface area contributed by atoms with Gasteiger partial charge in [0.05, 0.1) is 5.60 Å². The smallest absolute Gasteiger partial charge is 0.329 e. The Bertz CT molecular complexity index is 347. The maximum absolute atomic E-state index is 10.6. The molecule has 0 spiro atoms. The van der Waals surface area contributed by atoms with E-state index in [1.807, 2.05) is 6.92 Å². The summed E-state index contributed by atoms with van der Waals surface area (Å²) in [6, 6.07) is 0.723.